The van der Waals surface area contributed by atoms with Crippen molar-refractivity contribution in [3.63, 3.8) is 0 Å². The molecule has 14 heavy (non-hydrogen) atoms. The second-order valence-electron chi connectivity index (χ2n) is 3.54. The molecule has 78 valence electrons. The molecule has 1 aromatic carbocycles. The zero-order valence-corrected chi connectivity index (χ0v) is 8.83. The molecule has 0 saturated heterocycles. The van der Waals surface area contributed by atoms with E-state index in [1.807, 2.05) is 19.9 Å². The standard InChI is InChI=1S/C11H17NO2/c1-7-4-8(2)11(10(14)5-7)9(6-13)12-3/h4-5,9,12-14H,6H2,1-3H3. The van der Waals surface area contributed by atoms with Gasteiger partial charge in [-0.3, -0.25) is 0 Å². The van der Waals surface area contributed by atoms with Crippen LogP contribution < -0.4 is 5.32 Å². The van der Waals surface area contributed by atoms with Crippen molar-refractivity contribution in [2.45, 2.75) is 19.9 Å². The average Bonchev–Trinajstić information content (AvgIpc) is 2.10. The minimum absolute atomic E-state index is 0.0199. The molecule has 3 nitrogen and oxygen atoms in total. The van der Waals surface area contributed by atoms with E-state index < -0.39 is 0 Å². The zero-order chi connectivity index (χ0) is 10.7. The van der Waals surface area contributed by atoms with Crippen LogP contribution in [0.2, 0.25) is 0 Å². The summed E-state index contributed by atoms with van der Waals surface area (Å²) in [5.74, 6) is 0.246. The summed E-state index contributed by atoms with van der Waals surface area (Å²) in [7, 11) is 1.76. The second kappa shape index (κ2) is 4.44. The maximum Gasteiger partial charge on any atom is 0.120 e. The first-order valence-corrected chi connectivity index (χ1v) is 4.68. The molecule has 3 N–H and O–H groups in total. The quantitative estimate of drug-likeness (QED) is 0.680. The summed E-state index contributed by atoms with van der Waals surface area (Å²) in [6, 6.07) is 3.51. The third-order valence-electron chi connectivity index (χ3n) is 2.39. The van der Waals surface area contributed by atoms with Crippen molar-refractivity contribution < 1.29 is 10.2 Å². The number of phenolic OH excluding ortho intramolecular Hbond substituents is 1. The maximum absolute atomic E-state index is 9.75. The Bertz CT molecular complexity index is 296. The number of aliphatic hydroxyl groups is 1. The highest BCUT2D eigenvalue weighted by atomic mass is 16.3. The van der Waals surface area contributed by atoms with Gasteiger partial charge in [0.2, 0.25) is 0 Å². The summed E-state index contributed by atoms with van der Waals surface area (Å²) in [5, 5.41) is 21.8. The molecule has 1 rings (SSSR count). The van der Waals surface area contributed by atoms with Gasteiger partial charge in [0.15, 0.2) is 0 Å². The van der Waals surface area contributed by atoms with Gasteiger partial charge in [0.05, 0.1) is 12.6 Å². The minimum Gasteiger partial charge on any atom is -0.508 e. The molecule has 0 fully saturated rings. The molecule has 3 heteroatoms. The summed E-state index contributed by atoms with van der Waals surface area (Å²) < 4.78 is 0. The first kappa shape index (κ1) is 11.0. The van der Waals surface area contributed by atoms with Crippen LogP contribution in [0.25, 0.3) is 0 Å². The molecule has 0 saturated carbocycles. The van der Waals surface area contributed by atoms with Crippen LogP contribution in [-0.4, -0.2) is 23.9 Å². The lowest BCUT2D eigenvalue weighted by Gasteiger charge is -2.18. The topological polar surface area (TPSA) is 52.5 Å². The Hall–Kier alpha value is -1.06. The molecule has 0 radical (unpaired) electrons. The van der Waals surface area contributed by atoms with Crippen LogP contribution >= 0.6 is 0 Å². The summed E-state index contributed by atoms with van der Waals surface area (Å²) in [6.45, 7) is 3.85. The minimum atomic E-state index is -0.199. The normalized spacial score (nSPS) is 12.9. The Balaban J connectivity index is 3.19. The van der Waals surface area contributed by atoms with Crippen molar-refractivity contribution in [3.8, 4) is 5.75 Å². The Labute approximate surface area is 84.4 Å². The molecule has 1 atom stereocenters. The molecule has 0 amide bonds. The summed E-state index contributed by atoms with van der Waals surface area (Å²) in [6.07, 6.45) is 0. The van der Waals surface area contributed by atoms with E-state index in [1.165, 1.54) is 0 Å². The van der Waals surface area contributed by atoms with Crippen molar-refractivity contribution >= 4 is 0 Å². The van der Waals surface area contributed by atoms with Crippen LogP contribution in [-0.2, 0) is 0 Å². The van der Waals surface area contributed by atoms with E-state index in [2.05, 4.69) is 5.32 Å². The summed E-state index contributed by atoms with van der Waals surface area (Å²) in [4.78, 5) is 0. The highest BCUT2D eigenvalue weighted by Crippen LogP contribution is 2.28. The first-order valence-electron chi connectivity index (χ1n) is 4.68. The maximum atomic E-state index is 9.75. The number of aryl methyl sites for hydroxylation is 2. The van der Waals surface area contributed by atoms with Gasteiger partial charge in [0.25, 0.3) is 0 Å². The Morgan fingerprint density at radius 1 is 1.36 bits per heavy atom. The molecule has 0 aliphatic carbocycles. The van der Waals surface area contributed by atoms with Crippen molar-refractivity contribution in [2.75, 3.05) is 13.7 Å². The number of rotatable bonds is 3. The number of aliphatic hydroxyl groups excluding tert-OH is 1. The van der Waals surface area contributed by atoms with Gasteiger partial charge < -0.3 is 15.5 Å². The van der Waals surface area contributed by atoms with Gasteiger partial charge in [-0.05, 0) is 38.1 Å². The predicted octanol–water partition coefficient (Wildman–Crippen LogP) is 1.26. The fourth-order valence-corrected chi connectivity index (χ4v) is 1.74. The molecule has 0 spiro atoms. The lowest BCUT2D eigenvalue weighted by molar-refractivity contribution is 0.247. The molecule has 1 unspecified atom stereocenters. The number of hydrogen-bond acceptors (Lipinski definition) is 3. The molecule has 0 heterocycles. The lowest BCUT2D eigenvalue weighted by Crippen LogP contribution is -2.21. The van der Waals surface area contributed by atoms with Crippen LogP contribution in [0, 0.1) is 13.8 Å². The number of hydrogen-bond donors (Lipinski definition) is 3. The van der Waals surface area contributed by atoms with Crippen molar-refractivity contribution in [3.05, 3.63) is 28.8 Å². The van der Waals surface area contributed by atoms with Crippen LogP contribution in [0.1, 0.15) is 22.7 Å². The highest BCUT2D eigenvalue weighted by Gasteiger charge is 2.15. The largest absolute Gasteiger partial charge is 0.508 e. The van der Waals surface area contributed by atoms with Crippen molar-refractivity contribution in [2.24, 2.45) is 0 Å². The fraction of sp³-hybridized carbons (Fsp3) is 0.455. The van der Waals surface area contributed by atoms with E-state index in [0.29, 0.717) is 0 Å². The van der Waals surface area contributed by atoms with Crippen LogP contribution in [0.15, 0.2) is 12.1 Å². The van der Waals surface area contributed by atoms with Crippen LogP contribution in [0.5, 0.6) is 5.75 Å². The molecule has 0 aliphatic heterocycles. The van der Waals surface area contributed by atoms with Gasteiger partial charge in [-0.15, -0.1) is 0 Å². The number of aromatic hydroxyl groups is 1. The molecule has 0 aliphatic rings. The predicted molar refractivity (Wildman–Crippen MR) is 56.5 cm³/mol. The van der Waals surface area contributed by atoms with Crippen molar-refractivity contribution in [1.29, 1.82) is 0 Å². The van der Waals surface area contributed by atoms with E-state index in [0.717, 1.165) is 16.7 Å². The highest BCUT2D eigenvalue weighted by molar-refractivity contribution is 5.44. The van der Waals surface area contributed by atoms with Gasteiger partial charge in [0.1, 0.15) is 5.75 Å². The van der Waals surface area contributed by atoms with Gasteiger partial charge >= 0.3 is 0 Å². The second-order valence-corrected chi connectivity index (χ2v) is 3.54. The molecule has 1 aromatic rings. The SMILES string of the molecule is CNC(CO)c1c(C)cc(C)cc1O. The van der Waals surface area contributed by atoms with E-state index in [1.54, 1.807) is 13.1 Å². The third-order valence-corrected chi connectivity index (χ3v) is 2.39. The average molecular weight is 195 g/mol. The smallest absolute Gasteiger partial charge is 0.120 e. The number of phenols is 1. The Kier molecular flexibility index (Phi) is 3.49. The van der Waals surface area contributed by atoms with E-state index in [-0.39, 0.29) is 18.4 Å². The molecular formula is C11H17NO2. The van der Waals surface area contributed by atoms with E-state index in [4.69, 9.17) is 5.11 Å². The first-order chi connectivity index (χ1) is 6.60. The van der Waals surface area contributed by atoms with Crippen LogP contribution in [0.3, 0.4) is 0 Å². The molecule has 0 bridgehead atoms. The van der Waals surface area contributed by atoms with Crippen LogP contribution in [0.4, 0.5) is 0 Å². The van der Waals surface area contributed by atoms with Gasteiger partial charge in [-0.25, -0.2) is 0 Å². The lowest BCUT2D eigenvalue weighted by atomic mass is 9.98. The Morgan fingerprint density at radius 3 is 2.43 bits per heavy atom. The number of nitrogens with one attached hydrogen (secondary N) is 1. The zero-order valence-electron chi connectivity index (χ0n) is 8.83. The number of benzene rings is 1. The third kappa shape index (κ3) is 2.05. The van der Waals surface area contributed by atoms with Gasteiger partial charge in [-0.2, -0.15) is 0 Å². The van der Waals surface area contributed by atoms with Gasteiger partial charge in [-0.1, -0.05) is 6.07 Å². The molecule has 0 aromatic heterocycles. The summed E-state index contributed by atoms with van der Waals surface area (Å²) in [5.41, 5.74) is 2.80. The van der Waals surface area contributed by atoms with E-state index in [9.17, 15) is 5.11 Å². The number of likely N-dealkylation sites (N-methyl/N-ethyl adjacent to an activating group) is 1. The fourth-order valence-electron chi connectivity index (χ4n) is 1.74. The van der Waals surface area contributed by atoms with Gasteiger partial charge in [0, 0.05) is 5.56 Å². The van der Waals surface area contributed by atoms with E-state index >= 15 is 0 Å². The van der Waals surface area contributed by atoms with Crippen molar-refractivity contribution in [1.82, 2.24) is 5.32 Å². The Morgan fingerprint density at radius 2 is 2.00 bits per heavy atom. The monoisotopic (exact) mass is 195 g/mol. The molecular weight excluding hydrogens is 178 g/mol. The summed E-state index contributed by atoms with van der Waals surface area (Å²) >= 11 is 0.